The number of rotatable bonds is 5. The molecule has 2 aromatic carbocycles. The fourth-order valence-corrected chi connectivity index (χ4v) is 4.86. The smallest absolute Gasteiger partial charge is 0.376 e. The Hall–Kier alpha value is -3.66. The van der Waals surface area contributed by atoms with Crippen LogP contribution < -0.4 is 11.2 Å². The van der Waals surface area contributed by atoms with E-state index in [4.69, 9.17) is 4.74 Å². The minimum Gasteiger partial charge on any atom is -0.376 e. The summed E-state index contributed by atoms with van der Waals surface area (Å²) in [5, 5.41) is 0. The van der Waals surface area contributed by atoms with Gasteiger partial charge in [-0.1, -0.05) is 30.3 Å². The van der Waals surface area contributed by atoms with Crippen molar-refractivity contribution < 1.29 is 17.9 Å². The number of aryl methyl sites for hydroxylation is 2. The van der Waals surface area contributed by atoms with Gasteiger partial charge in [-0.05, 0) is 55.5 Å². The van der Waals surface area contributed by atoms with Gasteiger partial charge in [-0.25, -0.2) is 14.3 Å². The Morgan fingerprint density at radius 3 is 2.47 bits per heavy atom. The summed E-state index contributed by atoms with van der Waals surface area (Å²) in [5.41, 5.74) is 1.11. The Kier molecular flexibility index (Phi) is 6.07. The van der Waals surface area contributed by atoms with Crippen LogP contribution in [0, 0.1) is 13.8 Å². The van der Waals surface area contributed by atoms with Crippen molar-refractivity contribution in [2.75, 3.05) is 6.61 Å². The molecule has 3 heterocycles. The van der Waals surface area contributed by atoms with Crippen LogP contribution in [0.4, 0.5) is 13.2 Å². The number of hydrogen-bond acceptors (Lipinski definition) is 4. The molecular weight excluding hydrogens is 473 g/mol. The van der Waals surface area contributed by atoms with Gasteiger partial charge in [0.25, 0.3) is 5.56 Å². The lowest BCUT2D eigenvalue weighted by atomic mass is 10.1. The second kappa shape index (κ2) is 9.09. The molecule has 2 aromatic heterocycles. The molecule has 5 rings (SSSR count). The fraction of sp³-hybridized carbons (Fsp3) is 0.346. The van der Waals surface area contributed by atoms with Crippen molar-refractivity contribution in [2.24, 2.45) is 0 Å². The molecule has 10 heteroatoms. The number of ether oxygens (including phenoxy) is 1. The molecule has 1 atom stereocenters. The van der Waals surface area contributed by atoms with Crippen molar-refractivity contribution in [3.63, 3.8) is 0 Å². The van der Waals surface area contributed by atoms with Crippen LogP contribution in [-0.2, 0) is 24.0 Å². The van der Waals surface area contributed by atoms with Gasteiger partial charge in [0.1, 0.15) is 0 Å². The second-order valence-electron chi connectivity index (χ2n) is 9.15. The van der Waals surface area contributed by atoms with Gasteiger partial charge in [0.15, 0.2) is 11.2 Å². The molecule has 1 fully saturated rings. The molecule has 0 spiro atoms. The zero-order chi connectivity index (χ0) is 25.6. The maximum Gasteiger partial charge on any atom is 0.416 e. The number of benzene rings is 2. The van der Waals surface area contributed by atoms with Crippen LogP contribution in [0.25, 0.3) is 16.9 Å². The van der Waals surface area contributed by atoms with Gasteiger partial charge in [0, 0.05) is 13.2 Å². The van der Waals surface area contributed by atoms with Gasteiger partial charge >= 0.3 is 11.9 Å². The number of nitrogens with zero attached hydrogens (tertiary/aromatic N) is 4. The van der Waals surface area contributed by atoms with Crippen molar-refractivity contribution in [3.05, 3.63) is 91.9 Å². The number of alkyl halides is 3. The van der Waals surface area contributed by atoms with E-state index in [9.17, 15) is 22.8 Å². The number of fused-ring (bicyclic) bond motifs is 1. The average Bonchev–Trinajstić information content (AvgIpc) is 3.48. The maximum atomic E-state index is 13.7. The van der Waals surface area contributed by atoms with E-state index in [1.807, 2.05) is 32.0 Å². The molecule has 0 radical (unpaired) electrons. The van der Waals surface area contributed by atoms with Gasteiger partial charge in [-0.3, -0.25) is 9.36 Å². The predicted molar refractivity (Wildman–Crippen MR) is 129 cm³/mol. The lowest BCUT2D eigenvalue weighted by molar-refractivity contribution is -0.137. The van der Waals surface area contributed by atoms with Crippen LogP contribution in [0.2, 0.25) is 0 Å². The monoisotopic (exact) mass is 498 g/mol. The van der Waals surface area contributed by atoms with Gasteiger partial charge in [-0.2, -0.15) is 13.2 Å². The summed E-state index contributed by atoms with van der Waals surface area (Å²) in [7, 11) is 0. The Labute approximate surface area is 204 Å². The molecule has 7 nitrogen and oxygen atoms in total. The zero-order valence-electron chi connectivity index (χ0n) is 19.9. The molecule has 4 aromatic rings. The summed E-state index contributed by atoms with van der Waals surface area (Å²) >= 11 is 0. The van der Waals surface area contributed by atoms with Crippen LogP contribution in [0.3, 0.4) is 0 Å². The van der Waals surface area contributed by atoms with Crippen molar-refractivity contribution in [1.82, 2.24) is 18.7 Å². The minimum atomic E-state index is -4.48. The number of imidazole rings is 1. The second-order valence-corrected chi connectivity index (χ2v) is 9.15. The molecule has 1 saturated heterocycles. The third-order valence-electron chi connectivity index (χ3n) is 6.58. The van der Waals surface area contributed by atoms with Crippen LogP contribution in [-0.4, -0.2) is 31.4 Å². The average molecular weight is 499 g/mol. The molecule has 0 bridgehead atoms. The van der Waals surface area contributed by atoms with Gasteiger partial charge < -0.3 is 9.30 Å². The lowest BCUT2D eigenvalue weighted by Gasteiger charge is -2.18. The quantitative estimate of drug-likeness (QED) is 0.413. The first-order valence-electron chi connectivity index (χ1n) is 11.7. The molecule has 0 amide bonds. The van der Waals surface area contributed by atoms with Gasteiger partial charge in [0.05, 0.1) is 30.2 Å². The van der Waals surface area contributed by atoms with E-state index in [1.165, 1.54) is 21.5 Å². The lowest BCUT2D eigenvalue weighted by Crippen LogP contribution is -2.42. The molecule has 0 saturated carbocycles. The van der Waals surface area contributed by atoms with E-state index in [1.54, 1.807) is 6.07 Å². The maximum absolute atomic E-state index is 13.7. The minimum absolute atomic E-state index is 0.0133. The van der Waals surface area contributed by atoms with E-state index in [0.717, 1.165) is 40.7 Å². The highest BCUT2D eigenvalue weighted by Gasteiger charge is 2.30. The molecule has 36 heavy (non-hydrogen) atoms. The van der Waals surface area contributed by atoms with Crippen molar-refractivity contribution in [2.45, 2.75) is 52.1 Å². The molecule has 188 valence electrons. The summed E-state index contributed by atoms with van der Waals surface area (Å²) in [5.74, 6) is 0. The molecule has 1 aliphatic heterocycles. The highest BCUT2D eigenvalue weighted by atomic mass is 19.4. The standard InChI is InChI=1S/C26H25F3N4O3/c1-16-6-3-7-17(2)21(16)33-23-22(24(34)32(25(33)35)14-20-10-5-11-36-20)31(15-30-23)13-18-8-4-9-19(12-18)26(27,28)29/h3-4,6-9,12,15,20H,5,10-11,13-14H2,1-2H3. The van der Waals surface area contributed by atoms with Crippen molar-refractivity contribution in [3.8, 4) is 5.69 Å². The van der Waals surface area contributed by atoms with E-state index >= 15 is 0 Å². The summed E-state index contributed by atoms with van der Waals surface area (Å²) in [6.07, 6.45) is -1.77. The molecule has 0 aliphatic carbocycles. The topological polar surface area (TPSA) is 71.1 Å². The Morgan fingerprint density at radius 2 is 1.81 bits per heavy atom. The first-order valence-corrected chi connectivity index (χ1v) is 11.7. The molecule has 1 unspecified atom stereocenters. The predicted octanol–water partition coefficient (Wildman–Crippen LogP) is 4.21. The van der Waals surface area contributed by atoms with E-state index in [-0.39, 0.29) is 30.4 Å². The highest BCUT2D eigenvalue weighted by molar-refractivity contribution is 5.73. The Balaban J connectivity index is 1.73. The van der Waals surface area contributed by atoms with Crippen LogP contribution >= 0.6 is 0 Å². The fourth-order valence-electron chi connectivity index (χ4n) is 4.86. The van der Waals surface area contributed by atoms with E-state index < -0.39 is 23.0 Å². The largest absolute Gasteiger partial charge is 0.416 e. The van der Waals surface area contributed by atoms with Gasteiger partial charge in [0.2, 0.25) is 0 Å². The molecular formula is C26H25F3N4O3. The molecule has 0 N–H and O–H groups in total. The first kappa shape index (κ1) is 24.1. The normalized spacial score (nSPS) is 16.2. The van der Waals surface area contributed by atoms with Crippen LogP contribution in [0.1, 0.15) is 35.1 Å². The number of aromatic nitrogens is 4. The molecule has 1 aliphatic rings. The van der Waals surface area contributed by atoms with Crippen LogP contribution in [0.15, 0.2) is 58.4 Å². The summed E-state index contributed by atoms with van der Waals surface area (Å²) < 4.78 is 49.5. The summed E-state index contributed by atoms with van der Waals surface area (Å²) in [6.45, 7) is 4.39. The summed E-state index contributed by atoms with van der Waals surface area (Å²) in [6, 6.07) is 10.6. The first-order chi connectivity index (χ1) is 17.1. The third kappa shape index (κ3) is 4.26. The Bertz CT molecular complexity index is 1540. The zero-order valence-corrected chi connectivity index (χ0v) is 19.9. The van der Waals surface area contributed by atoms with E-state index in [0.29, 0.717) is 17.9 Å². The number of hydrogen-bond donors (Lipinski definition) is 0. The van der Waals surface area contributed by atoms with Crippen molar-refractivity contribution in [1.29, 1.82) is 0 Å². The third-order valence-corrected chi connectivity index (χ3v) is 6.58. The highest BCUT2D eigenvalue weighted by Crippen LogP contribution is 2.30. The van der Waals surface area contributed by atoms with E-state index in [2.05, 4.69) is 4.98 Å². The summed E-state index contributed by atoms with van der Waals surface area (Å²) in [4.78, 5) is 31.8. The SMILES string of the molecule is Cc1cccc(C)c1-n1c(=O)n(CC2CCCO2)c(=O)c2c1ncn2Cc1cccc(C(F)(F)F)c1. The van der Waals surface area contributed by atoms with Crippen molar-refractivity contribution >= 4 is 11.2 Å². The van der Waals surface area contributed by atoms with Crippen LogP contribution in [0.5, 0.6) is 0 Å². The Morgan fingerprint density at radius 1 is 1.08 bits per heavy atom. The number of para-hydroxylation sites is 1. The number of halogens is 3. The van der Waals surface area contributed by atoms with Gasteiger partial charge in [-0.15, -0.1) is 0 Å².